The fourth-order valence-electron chi connectivity index (χ4n) is 3.93. The summed E-state index contributed by atoms with van der Waals surface area (Å²) in [5, 5.41) is 6.58. The van der Waals surface area contributed by atoms with Gasteiger partial charge in [0.25, 0.3) is 0 Å². The summed E-state index contributed by atoms with van der Waals surface area (Å²) in [5.74, 6) is 1.87. The summed E-state index contributed by atoms with van der Waals surface area (Å²) in [6.45, 7) is 9.21. The number of amides is 1. The van der Waals surface area contributed by atoms with Crippen LogP contribution in [0, 0.1) is 11.3 Å². The molecule has 0 radical (unpaired) electrons. The van der Waals surface area contributed by atoms with Gasteiger partial charge in [0.15, 0.2) is 11.5 Å². The molecular weight excluding hydrogens is 316 g/mol. The fourth-order valence-corrected chi connectivity index (χ4v) is 3.93. The van der Waals surface area contributed by atoms with E-state index >= 15 is 0 Å². The second kappa shape index (κ2) is 7.65. The number of carbonyl (C=O) groups excluding carboxylic acids is 1. The van der Waals surface area contributed by atoms with Crippen molar-refractivity contribution in [1.29, 1.82) is 0 Å². The number of rotatable bonds is 7. The molecule has 2 N–H and O–H groups in total. The van der Waals surface area contributed by atoms with E-state index < -0.39 is 0 Å². The lowest BCUT2D eigenvalue weighted by Gasteiger charge is -2.24. The van der Waals surface area contributed by atoms with Crippen molar-refractivity contribution in [3.05, 3.63) is 23.8 Å². The Morgan fingerprint density at radius 3 is 2.60 bits per heavy atom. The first-order chi connectivity index (χ1) is 12.1. The molecule has 5 heteroatoms. The molecule has 1 saturated carbocycles. The van der Waals surface area contributed by atoms with E-state index in [9.17, 15) is 4.79 Å². The van der Waals surface area contributed by atoms with Gasteiger partial charge < -0.3 is 20.1 Å². The molecule has 1 amide bonds. The van der Waals surface area contributed by atoms with E-state index in [1.807, 2.05) is 39.0 Å². The van der Waals surface area contributed by atoms with Crippen LogP contribution in [0.25, 0.3) is 0 Å². The molecule has 1 aromatic carbocycles. The molecule has 5 nitrogen and oxygen atoms in total. The van der Waals surface area contributed by atoms with Crippen LogP contribution in [0.1, 0.15) is 51.6 Å². The van der Waals surface area contributed by atoms with Crippen LogP contribution < -0.4 is 20.1 Å². The van der Waals surface area contributed by atoms with E-state index in [-0.39, 0.29) is 23.3 Å². The number of benzene rings is 1. The molecule has 1 aliphatic carbocycles. The molecule has 1 aromatic rings. The minimum atomic E-state index is -0.0400. The average Bonchev–Trinajstić information content (AvgIpc) is 3.30. The molecule has 1 spiro atoms. The number of hydrogen-bond donors (Lipinski definition) is 2. The van der Waals surface area contributed by atoms with Crippen LogP contribution in [-0.2, 0) is 4.79 Å². The van der Waals surface area contributed by atoms with Gasteiger partial charge >= 0.3 is 0 Å². The summed E-state index contributed by atoms with van der Waals surface area (Å²) in [7, 11) is 0. The maximum Gasteiger partial charge on any atom is 0.224 e. The van der Waals surface area contributed by atoms with Gasteiger partial charge in [-0.2, -0.15) is 0 Å². The predicted molar refractivity (Wildman–Crippen MR) is 98.0 cm³/mol. The molecule has 2 atom stereocenters. The van der Waals surface area contributed by atoms with Crippen molar-refractivity contribution in [2.45, 2.75) is 46.1 Å². The first-order valence-corrected chi connectivity index (χ1v) is 9.50. The van der Waals surface area contributed by atoms with Gasteiger partial charge in [-0.1, -0.05) is 6.07 Å². The van der Waals surface area contributed by atoms with Crippen LogP contribution in [0.3, 0.4) is 0 Å². The monoisotopic (exact) mass is 346 g/mol. The minimum Gasteiger partial charge on any atom is -0.490 e. The SMILES string of the molecule is CCOc1ccc(C(C)NC(=O)C2CC23CCNCC3)cc1OCC. The van der Waals surface area contributed by atoms with Crippen LogP contribution >= 0.6 is 0 Å². The van der Waals surface area contributed by atoms with Crippen molar-refractivity contribution in [1.82, 2.24) is 10.6 Å². The summed E-state index contributed by atoms with van der Waals surface area (Å²) in [6, 6.07) is 5.87. The smallest absolute Gasteiger partial charge is 0.224 e. The Morgan fingerprint density at radius 2 is 1.92 bits per heavy atom. The van der Waals surface area contributed by atoms with Crippen molar-refractivity contribution in [2.24, 2.45) is 11.3 Å². The third-order valence-corrected chi connectivity index (χ3v) is 5.53. The van der Waals surface area contributed by atoms with Gasteiger partial charge in [0.05, 0.1) is 19.3 Å². The minimum absolute atomic E-state index is 0.0400. The molecule has 3 rings (SSSR count). The Labute approximate surface area is 150 Å². The van der Waals surface area contributed by atoms with Crippen molar-refractivity contribution in [3.8, 4) is 11.5 Å². The maximum atomic E-state index is 12.7. The fraction of sp³-hybridized carbons (Fsp3) is 0.650. The standard InChI is InChI=1S/C20H30N2O3/c1-4-24-17-7-6-15(12-18(17)25-5-2)14(3)22-19(23)16-13-20(16)8-10-21-11-9-20/h6-7,12,14,16,21H,4-5,8-11,13H2,1-3H3,(H,22,23). The molecular formula is C20H30N2O3. The second-order valence-corrected chi connectivity index (χ2v) is 7.17. The Bertz CT molecular complexity index is 611. The topological polar surface area (TPSA) is 59.6 Å². The summed E-state index contributed by atoms with van der Waals surface area (Å²) in [5.41, 5.74) is 1.31. The van der Waals surface area contributed by atoms with Crippen molar-refractivity contribution < 1.29 is 14.3 Å². The lowest BCUT2D eigenvalue weighted by Crippen LogP contribution is -2.34. The van der Waals surface area contributed by atoms with E-state index in [1.54, 1.807) is 0 Å². The molecule has 2 aliphatic rings. The first-order valence-electron chi connectivity index (χ1n) is 9.50. The zero-order chi connectivity index (χ0) is 17.9. The molecule has 1 heterocycles. The lowest BCUT2D eigenvalue weighted by molar-refractivity contribution is -0.123. The van der Waals surface area contributed by atoms with Crippen molar-refractivity contribution in [2.75, 3.05) is 26.3 Å². The highest BCUT2D eigenvalue weighted by Crippen LogP contribution is 2.58. The molecule has 0 bridgehead atoms. The average molecular weight is 346 g/mol. The Balaban J connectivity index is 1.63. The number of hydrogen-bond acceptors (Lipinski definition) is 4. The quantitative estimate of drug-likeness (QED) is 0.797. The van der Waals surface area contributed by atoms with Crippen LogP contribution in [0.15, 0.2) is 18.2 Å². The molecule has 2 unspecified atom stereocenters. The van der Waals surface area contributed by atoms with E-state index in [2.05, 4.69) is 10.6 Å². The van der Waals surface area contributed by atoms with Crippen LogP contribution in [0.5, 0.6) is 11.5 Å². The summed E-state index contributed by atoms with van der Waals surface area (Å²) in [4.78, 5) is 12.7. The van der Waals surface area contributed by atoms with E-state index in [0.29, 0.717) is 13.2 Å². The van der Waals surface area contributed by atoms with Crippen LogP contribution in [0.2, 0.25) is 0 Å². The Morgan fingerprint density at radius 1 is 1.24 bits per heavy atom. The molecule has 1 aliphatic heterocycles. The zero-order valence-electron chi connectivity index (χ0n) is 15.6. The first kappa shape index (κ1) is 18.1. The van der Waals surface area contributed by atoms with Gasteiger partial charge in [-0.05, 0) is 76.2 Å². The Hall–Kier alpha value is -1.75. The number of nitrogens with one attached hydrogen (secondary N) is 2. The summed E-state index contributed by atoms with van der Waals surface area (Å²) >= 11 is 0. The van der Waals surface area contributed by atoms with Gasteiger partial charge in [-0.25, -0.2) is 0 Å². The third kappa shape index (κ3) is 3.92. The highest BCUT2D eigenvalue weighted by atomic mass is 16.5. The van der Waals surface area contributed by atoms with E-state index in [1.165, 1.54) is 0 Å². The van der Waals surface area contributed by atoms with E-state index in [4.69, 9.17) is 9.47 Å². The van der Waals surface area contributed by atoms with Crippen molar-refractivity contribution in [3.63, 3.8) is 0 Å². The van der Waals surface area contributed by atoms with Gasteiger partial charge in [0.2, 0.25) is 5.91 Å². The summed E-state index contributed by atoms with van der Waals surface area (Å²) < 4.78 is 11.3. The maximum absolute atomic E-state index is 12.7. The molecule has 25 heavy (non-hydrogen) atoms. The zero-order valence-corrected chi connectivity index (χ0v) is 15.6. The lowest BCUT2D eigenvalue weighted by atomic mass is 9.91. The van der Waals surface area contributed by atoms with Gasteiger partial charge in [-0.3, -0.25) is 4.79 Å². The van der Waals surface area contributed by atoms with Crippen LogP contribution in [-0.4, -0.2) is 32.2 Å². The van der Waals surface area contributed by atoms with Gasteiger partial charge in [-0.15, -0.1) is 0 Å². The molecule has 1 saturated heterocycles. The highest BCUT2D eigenvalue weighted by Gasteiger charge is 2.57. The molecule has 2 fully saturated rings. The normalized spacial score (nSPS) is 22.3. The number of carbonyl (C=O) groups is 1. The summed E-state index contributed by atoms with van der Waals surface area (Å²) in [6.07, 6.45) is 3.29. The van der Waals surface area contributed by atoms with Gasteiger partial charge in [0, 0.05) is 5.92 Å². The predicted octanol–water partition coefficient (Wildman–Crippen LogP) is 3.05. The second-order valence-electron chi connectivity index (χ2n) is 7.17. The van der Waals surface area contributed by atoms with Gasteiger partial charge in [0.1, 0.15) is 0 Å². The van der Waals surface area contributed by atoms with Crippen molar-refractivity contribution >= 4 is 5.91 Å². The molecule has 0 aromatic heterocycles. The number of ether oxygens (including phenoxy) is 2. The van der Waals surface area contributed by atoms with E-state index in [0.717, 1.165) is 49.4 Å². The number of piperidine rings is 1. The highest BCUT2D eigenvalue weighted by molar-refractivity contribution is 5.83. The largest absolute Gasteiger partial charge is 0.490 e. The third-order valence-electron chi connectivity index (χ3n) is 5.53. The van der Waals surface area contributed by atoms with Crippen LogP contribution in [0.4, 0.5) is 0 Å². The Kier molecular flexibility index (Phi) is 5.52. The molecule has 138 valence electrons.